The van der Waals surface area contributed by atoms with Crippen LogP contribution in [0.5, 0.6) is 5.75 Å². The van der Waals surface area contributed by atoms with Gasteiger partial charge in [-0.3, -0.25) is 47.9 Å². The van der Waals surface area contributed by atoms with Crippen molar-refractivity contribution in [2.45, 2.75) is 177 Å². The molecule has 0 aromatic heterocycles. The van der Waals surface area contributed by atoms with Crippen molar-refractivity contribution in [1.29, 1.82) is 0 Å². The third kappa shape index (κ3) is 13.6. The molecule has 24 nitrogen and oxygen atoms in total. The number of phenols is 1. The molecule has 24 heteroatoms. The molecular weight excluding hydrogens is 1060 g/mol. The summed E-state index contributed by atoms with van der Waals surface area (Å²) in [5, 5.41) is 34.1. The number of carboxylic acid groups (broad SMARTS) is 2. The van der Waals surface area contributed by atoms with Crippen LogP contribution in [-0.4, -0.2) is 221 Å². The van der Waals surface area contributed by atoms with E-state index in [4.69, 9.17) is 5.73 Å². The number of likely N-dealkylation sites (tertiary alicyclic amines) is 7. The highest BCUT2D eigenvalue weighted by atomic mass is 16.4. The molecule has 10 atom stereocenters. The van der Waals surface area contributed by atoms with Gasteiger partial charge >= 0.3 is 11.9 Å². The molecule has 0 bridgehead atoms. The molecule has 0 spiro atoms. The van der Waals surface area contributed by atoms with Gasteiger partial charge in [0.25, 0.3) is 0 Å². The average molecular weight is 1140 g/mol. The van der Waals surface area contributed by atoms with E-state index < -0.39 is 114 Å². The number of amides is 9. The number of nitrogens with two attached hydrogens (primary N) is 1. The van der Waals surface area contributed by atoms with Crippen LogP contribution in [0.3, 0.4) is 0 Å². The fourth-order valence-corrected chi connectivity index (χ4v) is 13.0. The first kappa shape index (κ1) is 60.5. The topological polar surface area (TPSA) is 321 Å². The third-order valence-electron chi connectivity index (χ3n) is 17.2. The fraction of sp³-hybridized carbons (Fsp3) is 0.603. The zero-order chi connectivity index (χ0) is 58.9. The molecule has 2 aromatic rings. The molecule has 0 radical (unpaired) electrons. The Morgan fingerprint density at radius 1 is 0.500 bits per heavy atom. The maximum Gasteiger partial charge on any atom is 0.326 e. The fourth-order valence-electron chi connectivity index (χ4n) is 13.0. The van der Waals surface area contributed by atoms with E-state index >= 15 is 0 Å². The molecule has 0 unspecified atom stereocenters. The number of aliphatic carboxylic acids is 2. The van der Waals surface area contributed by atoms with Crippen LogP contribution in [0.2, 0.25) is 0 Å². The lowest BCUT2D eigenvalue weighted by molar-refractivity contribution is -0.155. The lowest BCUT2D eigenvalue weighted by Crippen LogP contribution is -2.59. The van der Waals surface area contributed by atoms with E-state index in [1.807, 2.05) is 18.2 Å². The lowest BCUT2D eigenvalue weighted by atomic mass is 10.0. The summed E-state index contributed by atoms with van der Waals surface area (Å²) in [5.74, 6) is -7.22. The molecule has 7 saturated heterocycles. The van der Waals surface area contributed by atoms with Crippen molar-refractivity contribution < 1.29 is 68.1 Å². The number of carboxylic acids is 2. The Bertz CT molecular complexity index is 2730. The van der Waals surface area contributed by atoms with Crippen molar-refractivity contribution in [2.24, 2.45) is 5.73 Å². The number of phenolic OH excluding ortho intramolecular Hbond substituents is 1. The molecule has 9 rings (SSSR count). The quantitative estimate of drug-likeness (QED) is 0.135. The van der Waals surface area contributed by atoms with Crippen molar-refractivity contribution in [2.75, 3.05) is 45.8 Å². The Hall–Kier alpha value is -7.63. The number of carbonyl (C=O) groups is 11. The zero-order valence-corrected chi connectivity index (χ0v) is 46.8. The zero-order valence-electron chi connectivity index (χ0n) is 46.8. The highest BCUT2D eigenvalue weighted by Crippen LogP contribution is 2.33. The van der Waals surface area contributed by atoms with Crippen LogP contribution >= 0.6 is 0 Å². The van der Waals surface area contributed by atoms with Crippen LogP contribution < -0.4 is 16.4 Å². The van der Waals surface area contributed by atoms with Gasteiger partial charge in [0.05, 0.1) is 12.5 Å². The van der Waals surface area contributed by atoms with E-state index in [-0.39, 0.29) is 69.0 Å². The summed E-state index contributed by atoms with van der Waals surface area (Å²) in [7, 11) is 0. The first-order valence-corrected chi connectivity index (χ1v) is 29.0. The Kier molecular flexibility index (Phi) is 19.9. The highest BCUT2D eigenvalue weighted by Gasteiger charge is 2.50. The van der Waals surface area contributed by atoms with Crippen molar-refractivity contribution in [3.05, 3.63) is 65.7 Å². The molecule has 7 aliphatic heterocycles. The summed E-state index contributed by atoms with van der Waals surface area (Å²) in [6.07, 6.45) is 5.11. The summed E-state index contributed by atoms with van der Waals surface area (Å²) in [5.41, 5.74) is 8.04. The Labute approximate surface area is 476 Å². The van der Waals surface area contributed by atoms with Crippen LogP contribution in [0, 0.1) is 6.92 Å². The van der Waals surface area contributed by atoms with E-state index in [9.17, 15) is 68.1 Å². The smallest absolute Gasteiger partial charge is 0.326 e. The van der Waals surface area contributed by atoms with Gasteiger partial charge in [0.2, 0.25) is 53.2 Å². The van der Waals surface area contributed by atoms with Crippen LogP contribution in [0.1, 0.15) is 114 Å². The molecule has 2 aromatic carbocycles. The Morgan fingerprint density at radius 2 is 0.866 bits per heavy atom. The minimum atomic E-state index is -1.55. The number of nitrogens with one attached hydrogen (secondary N) is 2. The lowest BCUT2D eigenvalue weighted by Gasteiger charge is -2.37. The second-order valence-electron chi connectivity index (χ2n) is 22.7. The molecule has 7 heterocycles. The second-order valence-corrected chi connectivity index (χ2v) is 22.7. The molecular formula is C58H78N10O14. The molecule has 9 amide bonds. The maximum absolute atomic E-state index is 14.5. The minimum Gasteiger partial charge on any atom is -0.508 e. The maximum atomic E-state index is 14.5. The highest BCUT2D eigenvalue weighted by molar-refractivity contribution is 6.00. The van der Waals surface area contributed by atoms with Gasteiger partial charge in [0.15, 0.2) is 0 Å². The predicted molar refractivity (Wildman–Crippen MR) is 294 cm³/mol. The largest absolute Gasteiger partial charge is 0.508 e. The van der Waals surface area contributed by atoms with E-state index in [2.05, 4.69) is 29.7 Å². The van der Waals surface area contributed by atoms with E-state index in [0.29, 0.717) is 102 Å². The van der Waals surface area contributed by atoms with Crippen molar-refractivity contribution in [3.8, 4) is 5.75 Å². The molecule has 444 valence electrons. The monoisotopic (exact) mass is 1140 g/mol. The number of hydrogen-bond donors (Lipinski definition) is 6. The van der Waals surface area contributed by atoms with Gasteiger partial charge < -0.3 is 66.0 Å². The summed E-state index contributed by atoms with van der Waals surface area (Å²) < 4.78 is 0. The van der Waals surface area contributed by atoms with Crippen molar-refractivity contribution in [1.82, 2.24) is 44.9 Å². The molecule has 7 fully saturated rings. The summed E-state index contributed by atoms with van der Waals surface area (Å²) in [4.78, 5) is 160. The van der Waals surface area contributed by atoms with Gasteiger partial charge in [-0.2, -0.15) is 0 Å². The summed E-state index contributed by atoms with van der Waals surface area (Å²) in [6, 6.07) is 5.96. The number of rotatable bonds is 16. The summed E-state index contributed by atoms with van der Waals surface area (Å²) in [6.45, 7) is 5.23. The molecule has 0 saturated carbocycles. The Balaban J connectivity index is 0.00000117. The first-order valence-electron chi connectivity index (χ1n) is 29.0. The second kappa shape index (κ2) is 27.0. The molecule has 7 aliphatic rings. The predicted octanol–water partition coefficient (Wildman–Crippen LogP) is 0.743. The minimum absolute atomic E-state index is 0.0159. The number of hydrogen-bond acceptors (Lipinski definition) is 13. The van der Waals surface area contributed by atoms with Crippen LogP contribution in [0.4, 0.5) is 0 Å². The molecule has 7 N–H and O–H groups in total. The third-order valence-corrected chi connectivity index (χ3v) is 17.2. The standard InChI is InChI=1S/C51H70N10O14.C7H8/c1-29(53-43(66)34-9-2-20-55(34)45(68)33(28-41(63)64)54-42(65)32(52)27-30-16-18-31(62)19-17-30)44(67)56-21-3-10-35(56)46(69)57-22-4-11-36(57)47(70)58-23-5-12-37(58)48(71)59-24-6-13-38(59)49(72)60-25-7-14-39(60)50(73)61-26-8-15-40(61)51(74)75;1-7-5-3-2-4-6-7/h16-19,29,32-40,62H,2-15,20-28,52H2,1H3,(H,53,66)(H,54,65)(H,63,64)(H,74,75);2-6H,1H3/t29-,32-,33-,34-,35-,36-,37-,38-,39-,40-;/m0./s1. The van der Waals surface area contributed by atoms with Gasteiger partial charge in [-0.05, 0) is 128 Å². The molecule has 0 aliphatic carbocycles. The number of aromatic hydroxyl groups is 1. The van der Waals surface area contributed by atoms with Crippen LogP contribution in [0.15, 0.2) is 54.6 Å². The number of nitrogens with zero attached hydrogens (tertiary/aromatic N) is 7. The normalized spacial score (nSPS) is 25.3. The number of aryl methyl sites for hydroxylation is 1. The SMILES string of the molecule is C[C@H](NC(=O)[C@@H]1CCCN1C(=O)[C@H](CC(=O)O)NC(=O)[C@@H](N)Cc1ccc(O)cc1)C(=O)N1CCC[C@H]1C(=O)N1CCC[C@H]1C(=O)N1CCC[C@H]1C(=O)N1CCC[C@H]1C(=O)N1CCC[C@H]1C(=O)N1CCC[C@H]1C(=O)O.Cc1ccccc1. The average Bonchev–Trinajstić information content (AvgIpc) is 4.47. The first-order chi connectivity index (χ1) is 39.2. The molecule has 82 heavy (non-hydrogen) atoms. The van der Waals surface area contributed by atoms with Gasteiger partial charge in [-0.25, -0.2) is 4.79 Å². The van der Waals surface area contributed by atoms with Crippen LogP contribution in [-0.2, 0) is 59.2 Å². The van der Waals surface area contributed by atoms with E-state index in [1.165, 1.54) is 58.9 Å². The summed E-state index contributed by atoms with van der Waals surface area (Å²) >= 11 is 0. The van der Waals surface area contributed by atoms with Crippen LogP contribution in [0.25, 0.3) is 0 Å². The van der Waals surface area contributed by atoms with Gasteiger partial charge in [-0.1, -0.05) is 48.0 Å². The van der Waals surface area contributed by atoms with E-state index in [0.717, 1.165) is 0 Å². The van der Waals surface area contributed by atoms with E-state index in [1.54, 1.807) is 12.1 Å². The number of carbonyl (C=O) groups excluding carboxylic acids is 9. The number of benzene rings is 2. The van der Waals surface area contributed by atoms with Gasteiger partial charge in [0, 0.05) is 45.8 Å². The van der Waals surface area contributed by atoms with Crippen molar-refractivity contribution in [3.63, 3.8) is 0 Å². The van der Waals surface area contributed by atoms with Crippen molar-refractivity contribution >= 4 is 65.1 Å². The van der Waals surface area contributed by atoms with Gasteiger partial charge in [-0.15, -0.1) is 0 Å². The van der Waals surface area contributed by atoms with Gasteiger partial charge in [0.1, 0.15) is 60.1 Å². The Morgan fingerprint density at radius 3 is 1.26 bits per heavy atom.